The minimum absolute atomic E-state index is 0.0848. The van der Waals surface area contributed by atoms with E-state index in [-0.39, 0.29) is 29.1 Å². The topological polar surface area (TPSA) is 74.9 Å². The van der Waals surface area contributed by atoms with Crippen LogP contribution in [0.3, 0.4) is 0 Å². The van der Waals surface area contributed by atoms with Crippen molar-refractivity contribution in [1.29, 1.82) is 0 Å². The predicted molar refractivity (Wildman–Crippen MR) is 89.0 cm³/mol. The first-order valence-corrected chi connectivity index (χ1v) is 8.69. The van der Waals surface area contributed by atoms with Gasteiger partial charge in [0.1, 0.15) is 5.56 Å². The number of aryl methyl sites for hydroxylation is 1. The monoisotopic (exact) mass is 335 g/mol. The second kappa shape index (κ2) is 6.05. The van der Waals surface area contributed by atoms with Crippen molar-refractivity contribution < 1.29 is 9.90 Å². The van der Waals surface area contributed by atoms with E-state index in [1.165, 1.54) is 21.9 Å². The van der Waals surface area contributed by atoms with Gasteiger partial charge >= 0.3 is 0 Å². The quantitative estimate of drug-likeness (QED) is 0.926. The van der Waals surface area contributed by atoms with Crippen LogP contribution in [-0.2, 0) is 0 Å². The maximum absolute atomic E-state index is 12.7. The molecule has 0 spiro atoms. The molecular formula is C16H21N3O3S. The highest BCUT2D eigenvalue weighted by molar-refractivity contribution is 7.16. The zero-order valence-electron chi connectivity index (χ0n) is 13.4. The molecule has 1 N–H and O–H groups in total. The van der Waals surface area contributed by atoms with Crippen molar-refractivity contribution in [3.05, 3.63) is 33.2 Å². The van der Waals surface area contributed by atoms with Crippen molar-refractivity contribution in [2.24, 2.45) is 5.41 Å². The lowest BCUT2D eigenvalue weighted by Gasteiger charge is -2.40. The lowest BCUT2D eigenvalue weighted by atomic mass is 9.77. The number of piperidine rings is 1. The first-order chi connectivity index (χ1) is 11.0. The standard InChI is InChI=1S/C16H21N3O3S/c1-3-16(10-20)4-6-18(7-5-16)13(21)12-8-17-15-19(14(12)22)9-11(2)23-15/h8-9,20H,3-7,10H2,1-2H3. The number of aliphatic hydroxyl groups is 1. The third-order valence-electron chi connectivity index (χ3n) is 4.95. The molecule has 23 heavy (non-hydrogen) atoms. The van der Waals surface area contributed by atoms with Crippen LogP contribution in [-0.4, -0.2) is 45.0 Å². The van der Waals surface area contributed by atoms with Crippen molar-refractivity contribution in [1.82, 2.24) is 14.3 Å². The summed E-state index contributed by atoms with van der Waals surface area (Å²) in [6.45, 7) is 5.26. The van der Waals surface area contributed by atoms with E-state index >= 15 is 0 Å². The number of thiazole rings is 1. The van der Waals surface area contributed by atoms with Crippen molar-refractivity contribution in [2.45, 2.75) is 33.1 Å². The van der Waals surface area contributed by atoms with Crippen molar-refractivity contribution >= 4 is 22.2 Å². The number of likely N-dealkylation sites (tertiary alicyclic amines) is 1. The van der Waals surface area contributed by atoms with Crippen LogP contribution in [0.4, 0.5) is 0 Å². The van der Waals surface area contributed by atoms with Gasteiger partial charge in [-0.2, -0.15) is 0 Å². The molecule has 2 aromatic rings. The number of rotatable bonds is 3. The van der Waals surface area contributed by atoms with Gasteiger partial charge in [-0.3, -0.25) is 14.0 Å². The molecule has 0 aromatic carbocycles. The SMILES string of the molecule is CCC1(CO)CCN(C(=O)c2cnc3sc(C)cn3c2=O)CC1. The van der Waals surface area contributed by atoms with E-state index in [0.717, 1.165) is 24.1 Å². The second-order valence-electron chi connectivity index (χ2n) is 6.28. The molecule has 1 aliphatic rings. The molecular weight excluding hydrogens is 314 g/mol. The summed E-state index contributed by atoms with van der Waals surface area (Å²) in [7, 11) is 0. The van der Waals surface area contributed by atoms with Crippen molar-refractivity contribution in [2.75, 3.05) is 19.7 Å². The number of hydrogen-bond donors (Lipinski definition) is 1. The van der Waals surface area contributed by atoms with Gasteiger partial charge in [-0.1, -0.05) is 6.92 Å². The third-order valence-corrected chi connectivity index (χ3v) is 5.86. The lowest BCUT2D eigenvalue weighted by molar-refractivity contribution is 0.0337. The van der Waals surface area contributed by atoms with Crippen LogP contribution in [0.5, 0.6) is 0 Å². The number of amides is 1. The first-order valence-electron chi connectivity index (χ1n) is 7.87. The van der Waals surface area contributed by atoms with E-state index in [0.29, 0.717) is 18.1 Å². The maximum Gasteiger partial charge on any atom is 0.271 e. The molecule has 2 aromatic heterocycles. The highest BCUT2D eigenvalue weighted by Crippen LogP contribution is 2.34. The van der Waals surface area contributed by atoms with Gasteiger partial charge in [-0.05, 0) is 31.6 Å². The summed E-state index contributed by atoms with van der Waals surface area (Å²) in [5.74, 6) is -0.261. The molecule has 1 saturated heterocycles. The van der Waals surface area contributed by atoms with Gasteiger partial charge in [0.15, 0.2) is 4.96 Å². The van der Waals surface area contributed by atoms with Crippen LogP contribution in [0, 0.1) is 12.3 Å². The van der Waals surface area contributed by atoms with Gasteiger partial charge in [0.05, 0.1) is 0 Å². The average Bonchev–Trinajstić information content (AvgIpc) is 2.96. The Balaban J connectivity index is 1.84. The van der Waals surface area contributed by atoms with Crippen molar-refractivity contribution in [3.63, 3.8) is 0 Å². The first kappa shape index (κ1) is 16.1. The molecule has 0 radical (unpaired) electrons. The number of fused-ring (bicyclic) bond motifs is 1. The summed E-state index contributed by atoms with van der Waals surface area (Å²) in [6.07, 6.45) is 5.54. The Morgan fingerprint density at radius 1 is 1.43 bits per heavy atom. The Kier molecular flexibility index (Phi) is 4.25. The van der Waals surface area contributed by atoms with Crippen LogP contribution in [0.25, 0.3) is 4.96 Å². The number of nitrogens with zero attached hydrogens (tertiary/aromatic N) is 3. The van der Waals surface area contributed by atoms with Gasteiger partial charge in [-0.15, -0.1) is 11.3 Å². The molecule has 0 unspecified atom stereocenters. The average molecular weight is 335 g/mol. The van der Waals surface area contributed by atoms with Gasteiger partial charge in [0.2, 0.25) is 0 Å². The van der Waals surface area contributed by atoms with Gasteiger partial charge < -0.3 is 10.0 Å². The minimum Gasteiger partial charge on any atom is -0.396 e. The number of carbonyl (C=O) groups is 1. The summed E-state index contributed by atoms with van der Waals surface area (Å²) in [5.41, 5.74) is -0.273. The normalized spacial score (nSPS) is 17.6. The molecule has 1 aliphatic heterocycles. The highest BCUT2D eigenvalue weighted by atomic mass is 32.1. The van der Waals surface area contributed by atoms with Crippen LogP contribution >= 0.6 is 11.3 Å². The molecule has 1 amide bonds. The Morgan fingerprint density at radius 2 is 2.13 bits per heavy atom. The number of hydrogen-bond acceptors (Lipinski definition) is 5. The molecule has 3 rings (SSSR count). The molecule has 3 heterocycles. The molecule has 1 fully saturated rings. The smallest absolute Gasteiger partial charge is 0.271 e. The third kappa shape index (κ3) is 2.79. The molecule has 0 saturated carbocycles. The summed E-state index contributed by atoms with van der Waals surface area (Å²) in [6, 6.07) is 0. The minimum atomic E-state index is -0.307. The van der Waals surface area contributed by atoms with Crippen LogP contribution in [0.1, 0.15) is 41.4 Å². The fourth-order valence-electron chi connectivity index (χ4n) is 3.12. The molecule has 0 aliphatic carbocycles. The van der Waals surface area contributed by atoms with E-state index in [1.807, 2.05) is 6.92 Å². The van der Waals surface area contributed by atoms with E-state index in [1.54, 1.807) is 11.1 Å². The van der Waals surface area contributed by atoms with Crippen LogP contribution in [0.2, 0.25) is 0 Å². The molecule has 6 nitrogen and oxygen atoms in total. The Hall–Kier alpha value is -1.73. The maximum atomic E-state index is 12.7. The fraction of sp³-hybridized carbons (Fsp3) is 0.562. The summed E-state index contributed by atoms with van der Waals surface area (Å²) in [5, 5.41) is 9.58. The molecule has 7 heteroatoms. The van der Waals surface area contributed by atoms with E-state index in [2.05, 4.69) is 11.9 Å². The Bertz CT molecular complexity index is 781. The summed E-state index contributed by atoms with van der Waals surface area (Å²) < 4.78 is 1.45. The predicted octanol–water partition coefficient (Wildman–Crippen LogP) is 1.69. The van der Waals surface area contributed by atoms with E-state index < -0.39 is 0 Å². The number of aromatic nitrogens is 2. The van der Waals surface area contributed by atoms with Gasteiger partial charge in [-0.25, -0.2) is 4.98 Å². The van der Waals surface area contributed by atoms with E-state index in [4.69, 9.17) is 0 Å². The molecule has 0 atom stereocenters. The Labute approximate surface area is 138 Å². The number of aliphatic hydroxyl groups excluding tert-OH is 1. The Morgan fingerprint density at radius 3 is 2.74 bits per heavy atom. The number of carbonyl (C=O) groups excluding carboxylic acids is 1. The summed E-state index contributed by atoms with van der Waals surface area (Å²) in [4.78, 5) is 32.7. The second-order valence-corrected chi connectivity index (χ2v) is 7.49. The van der Waals surface area contributed by atoms with Gasteiger partial charge in [0.25, 0.3) is 11.5 Å². The van der Waals surface area contributed by atoms with Crippen LogP contribution in [0.15, 0.2) is 17.2 Å². The van der Waals surface area contributed by atoms with E-state index in [9.17, 15) is 14.7 Å². The molecule has 124 valence electrons. The van der Waals surface area contributed by atoms with Crippen LogP contribution < -0.4 is 5.56 Å². The largest absolute Gasteiger partial charge is 0.396 e. The highest BCUT2D eigenvalue weighted by Gasteiger charge is 2.34. The summed E-state index contributed by atoms with van der Waals surface area (Å²) >= 11 is 1.43. The zero-order valence-corrected chi connectivity index (χ0v) is 14.2. The zero-order chi connectivity index (χ0) is 16.6. The molecule has 0 bridgehead atoms. The lowest BCUT2D eigenvalue weighted by Crippen LogP contribution is -2.45. The van der Waals surface area contributed by atoms with Crippen molar-refractivity contribution in [3.8, 4) is 0 Å². The fourth-order valence-corrected chi connectivity index (χ4v) is 3.91. The van der Waals surface area contributed by atoms with Gasteiger partial charge in [0, 0.05) is 37.0 Å².